The number of nitrogens with zero attached hydrogens (tertiary/aromatic N) is 2. The Kier molecular flexibility index (Phi) is 3.76. The monoisotopic (exact) mass is 311 g/mol. The zero-order valence-corrected chi connectivity index (χ0v) is 11.2. The van der Waals surface area contributed by atoms with Gasteiger partial charge in [-0.15, -0.1) is 0 Å². The quantitative estimate of drug-likeness (QED) is 0.947. The summed E-state index contributed by atoms with van der Waals surface area (Å²) < 4.78 is 15.8. The van der Waals surface area contributed by atoms with Crippen molar-refractivity contribution < 1.29 is 9.18 Å². The van der Waals surface area contributed by atoms with Crippen molar-refractivity contribution in [1.82, 2.24) is 9.78 Å². The van der Waals surface area contributed by atoms with Crippen molar-refractivity contribution >= 4 is 27.5 Å². The second-order valence-corrected chi connectivity index (χ2v) is 4.58. The molecule has 0 saturated carbocycles. The van der Waals surface area contributed by atoms with Crippen molar-refractivity contribution in [1.29, 1.82) is 0 Å². The van der Waals surface area contributed by atoms with Crippen LogP contribution in [-0.2, 0) is 6.54 Å². The molecule has 18 heavy (non-hydrogen) atoms. The molecular formula is C12H11BrFN3O. The molecule has 1 amide bonds. The number of nitrogens with one attached hydrogen (secondary N) is 1. The molecule has 0 aliphatic heterocycles. The van der Waals surface area contributed by atoms with Gasteiger partial charge in [0, 0.05) is 17.2 Å². The number of hydrogen-bond acceptors (Lipinski definition) is 2. The highest BCUT2D eigenvalue weighted by molar-refractivity contribution is 9.10. The van der Waals surface area contributed by atoms with E-state index in [1.807, 2.05) is 6.92 Å². The molecule has 1 heterocycles. The molecule has 1 N–H and O–H groups in total. The first-order valence-corrected chi connectivity index (χ1v) is 6.18. The molecule has 0 spiro atoms. The lowest BCUT2D eigenvalue weighted by molar-refractivity contribution is 0.102. The second-order valence-electron chi connectivity index (χ2n) is 3.66. The first-order chi connectivity index (χ1) is 8.60. The van der Waals surface area contributed by atoms with Gasteiger partial charge >= 0.3 is 0 Å². The van der Waals surface area contributed by atoms with Crippen LogP contribution in [0.3, 0.4) is 0 Å². The van der Waals surface area contributed by atoms with Gasteiger partial charge in [-0.1, -0.05) is 15.9 Å². The smallest absolute Gasteiger partial charge is 0.258 e. The molecule has 2 rings (SSSR count). The van der Waals surface area contributed by atoms with Crippen LogP contribution < -0.4 is 5.32 Å². The average Bonchev–Trinajstić information content (AvgIpc) is 2.80. The average molecular weight is 312 g/mol. The first kappa shape index (κ1) is 12.8. The molecule has 0 radical (unpaired) electrons. The molecule has 6 heteroatoms. The van der Waals surface area contributed by atoms with Crippen LogP contribution in [0.4, 0.5) is 10.1 Å². The first-order valence-electron chi connectivity index (χ1n) is 5.39. The van der Waals surface area contributed by atoms with Gasteiger partial charge in [-0.25, -0.2) is 4.39 Å². The van der Waals surface area contributed by atoms with Crippen molar-refractivity contribution in [3.05, 3.63) is 46.4 Å². The van der Waals surface area contributed by atoms with E-state index in [1.54, 1.807) is 16.9 Å². The topological polar surface area (TPSA) is 46.9 Å². The van der Waals surface area contributed by atoms with Gasteiger partial charge in [0.05, 0.1) is 17.4 Å². The highest BCUT2D eigenvalue weighted by atomic mass is 79.9. The lowest BCUT2D eigenvalue weighted by Gasteiger charge is -2.04. The van der Waals surface area contributed by atoms with E-state index in [9.17, 15) is 9.18 Å². The van der Waals surface area contributed by atoms with E-state index < -0.39 is 11.7 Å². The molecule has 0 bridgehead atoms. The molecule has 2 aromatic rings. The van der Waals surface area contributed by atoms with E-state index in [0.717, 1.165) is 0 Å². The van der Waals surface area contributed by atoms with Crippen LogP contribution in [0.15, 0.2) is 35.1 Å². The summed E-state index contributed by atoms with van der Waals surface area (Å²) in [5.41, 5.74) is 0.537. The number of aryl methyl sites for hydroxylation is 1. The standard InChI is InChI=1S/C12H11BrFN3O/c1-2-17-7-9(6-15-17)16-12(18)10-5-8(13)3-4-11(10)14/h3-7H,2H2,1H3,(H,16,18). The number of rotatable bonds is 3. The van der Waals surface area contributed by atoms with Crippen molar-refractivity contribution in [2.75, 3.05) is 5.32 Å². The molecule has 4 nitrogen and oxygen atoms in total. The third-order valence-corrected chi connectivity index (χ3v) is 2.88. The maximum atomic E-state index is 13.5. The fraction of sp³-hybridized carbons (Fsp3) is 0.167. The van der Waals surface area contributed by atoms with Gasteiger partial charge in [0.1, 0.15) is 5.82 Å². The van der Waals surface area contributed by atoms with Crippen molar-refractivity contribution in [2.45, 2.75) is 13.5 Å². The summed E-state index contributed by atoms with van der Waals surface area (Å²) in [5.74, 6) is -1.05. The maximum Gasteiger partial charge on any atom is 0.258 e. The minimum atomic E-state index is -0.557. The van der Waals surface area contributed by atoms with Crippen LogP contribution in [0.1, 0.15) is 17.3 Å². The van der Waals surface area contributed by atoms with E-state index in [1.165, 1.54) is 18.3 Å². The van der Waals surface area contributed by atoms with Gasteiger partial charge in [0.2, 0.25) is 0 Å². The molecule has 0 saturated heterocycles. The van der Waals surface area contributed by atoms with Crippen LogP contribution in [0.25, 0.3) is 0 Å². The number of aromatic nitrogens is 2. The number of carbonyl (C=O) groups excluding carboxylic acids is 1. The fourth-order valence-electron chi connectivity index (χ4n) is 1.47. The summed E-state index contributed by atoms with van der Waals surface area (Å²) >= 11 is 3.20. The Balaban J connectivity index is 2.19. The number of amides is 1. The molecular weight excluding hydrogens is 301 g/mol. The van der Waals surface area contributed by atoms with E-state index in [4.69, 9.17) is 0 Å². The summed E-state index contributed by atoms with van der Waals surface area (Å²) in [7, 11) is 0. The third-order valence-electron chi connectivity index (χ3n) is 2.39. The summed E-state index contributed by atoms with van der Waals surface area (Å²) in [6.45, 7) is 2.65. The number of hydrogen-bond donors (Lipinski definition) is 1. The van der Waals surface area contributed by atoms with Gasteiger partial charge in [-0.05, 0) is 25.1 Å². The third kappa shape index (κ3) is 2.76. The Bertz CT molecular complexity index is 582. The van der Waals surface area contributed by atoms with Gasteiger partial charge in [-0.3, -0.25) is 9.48 Å². The van der Waals surface area contributed by atoms with Crippen molar-refractivity contribution in [3.63, 3.8) is 0 Å². The van der Waals surface area contributed by atoms with E-state index in [2.05, 4.69) is 26.3 Å². The predicted molar refractivity (Wildman–Crippen MR) is 70.0 cm³/mol. The van der Waals surface area contributed by atoms with Crippen molar-refractivity contribution in [3.8, 4) is 0 Å². The van der Waals surface area contributed by atoms with Gasteiger partial charge in [0.25, 0.3) is 5.91 Å². The second kappa shape index (κ2) is 5.30. The van der Waals surface area contributed by atoms with Gasteiger partial charge < -0.3 is 5.32 Å². The van der Waals surface area contributed by atoms with Crippen LogP contribution in [0.5, 0.6) is 0 Å². The maximum absolute atomic E-state index is 13.5. The Morgan fingerprint density at radius 3 is 3.00 bits per heavy atom. The summed E-state index contributed by atoms with van der Waals surface area (Å²) in [6, 6.07) is 4.23. The molecule has 0 aliphatic rings. The SMILES string of the molecule is CCn1cc(NC(=O)c2cc(Br)ccc2F)cn1. The van der Waals surface area contributed by atoms with Crippen LogP contribution in [0.2, 0.25) is 0 Å². The highest BCUT2D eigenvalue weighted by Gasteiger charge is 2.13. The summed E-state index contributed by atoms with van der Waals surface area (Å²) in [6.07, 6.45) is 3.21. The summed E-state index contributed by atoms with van der Waals surface area (Å²) in [4.78, 5) is 11.9. The summed E-state index contributed by atoms with van der Waals surface area (Å²) in [5, 5.41) is 6.62. The normalized spacial score (nSPS) is 10.4. The van der Waals surface area contributed by atoms with Gasteiger partial charge in [-0.2, -0.15) is 5.10 Å². The Morgan fingerprint density at radius 2 is 2.33 bits per heavy atom. The largest absolute Gasteiger partial charge is 0.319 e. The Morgan fingerprint density at radius 1 is 1.56 bits per heavy atom. The Labute approximate surface area is 112 Å². The Hall–Kier alpha value is -1.69. The van der Waals surface area contributed by atoms with E-state index in [-0.39, 0.29) is 5.56 Å². The minimum absolute atomic E-state index is 0.00590. The number of carbonyl (C=O) groups is 1. The molecule has 94 valence electrons. The van der Waals surface area contributed by atoms with Crippen LogP contribution in [-0.4, -0.2) is 15.7 Å². The molecule has 0 aliphatic carbocycles. The zero-order valence-electron chi connectivity index (χ0n) is 9.65. The number of anilines is 1. The zero-order chi connectivity index (χ0) is 13.1. The minimum Gasteiger partial charge on any atom is -0.319 e. The van der Waals surface area contributed by atoms with E-state index >= 15 is 0 Å². The molecule has 0 atom stereocenters. The molecule has 1 aromatic heterocycles. The molecule has 0 unspecified atom stereocenters. The van der Waals surface area contributed by atoms with Crippen LogP contribution in [0, 0.1) is 5.82 Å². The van der Waals surface area contributed by atoms with Crippen LogP contribution >= 0.6 is 15.9 Å². The fourth-order valence-corrected chi connectivity index (χ4v) is 1.83. The molecule has 1 aromatic carbocycles. The van der Waals surface area contributed by atoms with Gasteiger partial charge in [0.15, 0.2) is 0 Å². The van der Waals surface area contributed by atoms with Crippen molar-refractivity contribution in [2.24, 2.45) is 0 Å². The molecule has 0 fully saturated rings. The predicted octanol–water partition coefficient (Wildman–Crippen LogP) is 3.06. The number of halogens is 2. The van der Waals surface area contributed by atoms with E-state index in [0.29, 0.717) is 16.7 Å². The lowest BCUT2D eigenvalue weighted by atomic mass is 10.2. The highest BCUT2D eigenvalue weighted by Crippen LogP contribution is 2.17. The number of benzene rings is 1. The lowest BCUT2D eigenvalue weighted by Crippen LogP contribution is -2.13.